The van der Waals surface area contributed by atoms with Crippen molar-refractivity contribution in [2.75, 3.05) is 19.0 Å². The van der Waals surface area contributed by atoms with Gasteiger partial charge in [-0.2, -0.15) is 0 Å². The molecule has 1 atom stereocenters. The van der Waals surface area contributed by atoms with Crippen molar-refractivity contribution in [2.24, 2.45) is 0 Å². The normalized spacial score (nSPS) is 12.3. The molecule has 0 amide bonds. The van der Waals surface area contributed by atoms with E-state index in [-0.39, 0.29) is 0 Å². The Morgan fingerprint density at radius 2 is 2.13 bits per heavy atom. The number of aliphatic hydroxyl groups excluding tert-OH is 1. The molecule has 0 saturated carbocycles. The van der Waals surface area contributed by atoms with Crippen molar-refractivity contribution in [2.45, 2.75) is 13.0 Å². The van der Waals surface area contributed by atoms with Gasteiger partial charge in [0.2, 0.25) is 0 Å². The summed E-state index contributed by atoms with van der Waals surface area (Å²) < 4.78 is 10.6. The van der Waals surface area contributed by atoms with Gasteiger partial charge in [0.25, 0.3) is 0 Å². The van der Waals surface area contributed by atoms with Crippen LogP contribution in [0.25, 0.3) is 0 Å². The number of halogens is 1. The van der Waals surface area contributed by atoms with Gasteiger partial charge in [-0.1, -0.05) is 22.0 Å². The van der Waals surface area contributed by atoms with Gasteiger partial charge in [-0.25, -0.2) is 0 Å². The van der Waals surface area contributed by atoms with E-state index in [0.29, 0.717) is 23.4 Å². The molecule has 1 N–H and O–H groups in total. The van der Waals surface area contributed by atoms with Gasteiger partial charge in [0.05, 0.1) is 19.8 Å². The molecule has 0 aliphatic rings. The van der Waals surface area contributed by atoms with Gasteiger partial charge in [-0.05, 0) is 24.6 Å². The van der Waals surface area contributed by atoms with E-state index < -0.39 is 6.10 Å². The summed E-state index contributed by atoms with van der Waals surface area (Å²) >= 11 is 3.23. The van der Waals surface area contributed by atoms with Crippen LogP contribution in [0.2, 0.25) is 0 Å². The zero-order chi connectivity index (χ0) is 11.3. The summed E-state index contributed by atoms with van der Waals surface area (Å²) in [5.74, 6) is 1.35. The van der Waals surface area contributed by atoms with E-state index in [0.717, 1.165) is 5.56 Å². The summed E-state index contributed by atoms with van der Waals surface area (Å²) in [5, 5.41) is 10.1. The smallest absolute Gasteiger partial charge is 0.161 e. The molecular weight excluding hydrogens is 260 g/mol. The van der Waals surface area contributed by atoms with Crippen molar-refractivity contribution in [1.82, 2.24) is 0 Å². The van der Waals surface area contributed by atoms with Crippen LogP contribution < -0.4 is 9.47 Å². The fraction of sp³-hybridized carbons (Fsp3) is 0.455. The number of rotatable bonds is 5. The Morgan fingerprint density at radius 3 is 2.67 bits per heavy atom. The number of benzene rings is 1. The van der Waals surface area contributed by atoms with E-state index in [4.69, 9.17) is 9.47 Å². The standard InChI is InChI=1S/C11H15BrO3/c1-3-15-10-5-4-8(9(13)7-12)6-11(10)14-2/h4-6,9,13H,3,7H2,1-2H3. The fourth-order valence-corrected chi connectivity index (χ4v) is 1.63. The van der Waals surface area contributed by atoms with Crippen LogP contribution in [-0.4, -0.2) is 24.2 Å². The number of ether oxygens (including phenoxy) is 2. The quantitative estimate of drug-likeness (QED) is 0.839. The lowest BCUT2D eigenvalue weighted by atomic mass is 10.1. The van der Waals surface area contributed by atoms with E-state index in [2.05, 4.69) is 15.9 Å². The fourth-order valence-electron chi connectivity index (χ4n) is 1.26. The third-order valence-corrected chi connectivity index (χ3v) is 2.63. The summed E-state index contributed by atoms with van der Waals surface area (Å²) in [6.45, 7) is 2.51. The lowest BCUT2D eigenvalue weighted by molar-refractivity contribution is 0.204. The Labute approximate surface area is 98.1 Å². The molecule has 0 fully saturated rings. The maximum atomic E-state index is 9.63. The first-order chi connectivity index (χ1) is 7.22. The van der Waals surface area contributed by atoms with Crippen LogP contribution in [0.1, 0.15) is 18.6 Å². The molecule has 0 saturated heterocycles. The van der Waals surface area contributed by atoms with E-state index in [1.807, 2.05) is 19.1 Å². The SMILES string of the molecule is CCOc1ccc(C(O)CBr)cc1OC. The molecule has 1 unspecified atom stereocenters. The molecule has 0 spiro atoms. The summed E-state index contributed by atoms with van der Waals surface area (Å²) in [5.41, 5.74) is 0.812. The van der Waals surface area contributed by atoms with Crippen LogP contribution in [0.5, 0.6) is 11.5 Å². The lowest BCUT2D eigenvalue weighted by Gasteiger charge is -2.13. The first-order valence-corrected chi connectivity index (χ1v) is 5.89. The van der Waals surface area contributed by atoms with Gasteiger partial charge in [-0.15, -0.1) is 0 Å². The summed E-state index contributed by atoms with van der Waals surface area (Å²) in [4.78, 5) is 0. The molecule has 1 aromatic rings. The van der Waals surface area contributed by atoms with Crippen molar-refractivity contribution in [3.63, 3.8) is 0 Å². The van der Waals surface area contributed by atoms with Gasteiger partial charge < -0.3 is 14.6 Å². The van der Waals surface area contributed by atoms with Gasteiger partial charge >= 0.3 is 0 Å². The molecule has 1 aromatic carbocycles. The topological polar surface area (TPSA) is 38.7 Å². The summed E-state index contributed by atoms with van der Waals surface area (Å²) in [6, 6.07) is 5.43. The highest BCUT2D eigenvalue weighted by Crippen LogP contribution is 2.30. The van der Waals surface area contributed by atoms with Crippen LogP contribution in [0.3, 0.4) is 0 Å². The molecule has 4 heteroatoms. The average Bonchev–Trinajstić information content (AvgIpc) is 2.29. The molecule has 0 heterocycles. The van der Waals surface area contributed by atoms with E-state index >= 15 is 0 Å². The van der Waals surface area contributed by atoms with Gasteiger partial charge in [-0.3, -0.25) is 0 Å². The zero-order valence-electron chi connectivity index (χ0n) is 8.87. The number of hydrogen-bond donors (Lipinski definition) is 1. The van der Waals surface area contributed by atoms with Crippen LogP contribution in [0, 0.1) is 0 Å². The Balaban J connectivity index is 2.96. The van der Waals surface area contributed by atoms with Crippen LogP contribution in [0.15, 0.2) is 18.2 Å². The molecule has 0 aliphatic heterocycles. The molecule has 0 radical (unpaired) electrons. The predicted octanol–water partition coefficient (Wildman–Crippen LogP) is 2.52. The lowest BCUT2D eigenvalue weighted by Crippen LogP contribution is -2.01. The maximum Gasteiger partial charge on any atom is 0.161 e. The highest BCUT2D eigenvalue weighted by atomic mass is 79.9. The third kappa shape index (κ3) is 3.11. The first kappa shape index (κ1) is 12.3. The maximum absolute atomic E-state index is 9.63. The van der Waals surface area contributed by atoms with Gasteiger partial charge in [0, 0.05) is 5.33 Å². The van der Waals surface area contributed by atoms with Crippen LogP contribution in [0.4, 0.5) is 0 Å². The summed E-state index contributed by atoms with van der Waals surface area (Å²) in [6.07, 6.45) is -0.519. The Morgan fingerprint density at radius 1 is 1.40 bits per heavy atom. The second-order valence-corrected chi connectivity index (χ2v) is 3.66. The minimum Gasteiger partial charge on any atom is -0.493 e. The number of methoxy groups -OCH3 is 1. The average molecular weight is 275 g/mol. The molecule has 15 heavy (non-hydrogen) atoms. The third-order valence-electron chi connectivity index (χ3n) is 2.02. The van der Waals surface area contributed by atoms with Gasteiger partial charge in [0.1, 0.15) is 0 Å². The Bertz CT molecular complexity index is 315. The van der Waals surface area contributed by atoms with Crippen LogP contribution in [-0.2, 0) is 0 Å². The first-order valence-electron chi connectivity index (χ1n) is 4.77. The van der Waals surface area contributed by atoms with Crippen molar-refractivity contribution >= 4 is 15.9 Å². The van der Waals surface area contributed by atoms with Crippen LogP contribution >= 0.6 is 15.9 Å². The molecular formula is C11H15BrO3. The molecule has 3 nitrogen and oxygen atoms in total. The number of aliphatic hydroxyl groups is 1. The predicted molar refractivity (Wildman–Crippen MR) is 62.9 cm³/mol. The van der Waals surface area contributed by atoms with E-state index in [9.17, 15) is 5.11 Å². The number of alkyl halides is 1. The molecule has 84 valence electrons. The monoisotopic (exact) mass is 274 g/mol. The highest BCUT2D eigenvalue weighted by Gasteiger charge is 2.10. The molecule has 1 rings (SSSR count). The molecule has 0 bridgehead atoms. The van der Waals surface area contributed by atoms with E-state index in [1.54, 1.807) is 13.2 Å². The largest absolute Gasteiger partial charge is 0.493 e. The van der Waals surface area contributed by atoms with E-state index in [1.165, 1.54) is 0 Å². The Kier molecular flexibility index (Phi) is 4.91. The highest BCUT2D eigenvalue weighted by molar-refractivity contribution is 9.09. The second kappa shape index (κ2) is 5.98. The van der Waals surface area contributed by atoms with Crippen molar-refractivity contribution in [3.05, 3.63) is 23.8 Å². The van der Waals surface area contributed by atoms with Gasteiger partial charge in [0.15, 0.2) is 11.5 Å². The van der Waals surface area contributed by atoms with Crippen molar-refractivity contribution in [1.29, 1.82) is 0 Å². The van der Waals surface area contributed by atoms with Crippen molar-refractivity contribution < 1.29 is 14.6 Å². The Hall–Kier alpha value is -0.740. The minimum atomic E-state index is -0.519. The summed E-state index contributed by atoms with van der Waals surface area (Å²) in [7, 11) is 1.59. The minimum absolute atomic E-state index is 0.504. The zero-order valence-corrected chi connectivity index (χ0v) is 10.5. The molecule has 0 aliphatic carbocycles. The van der Waals surface area contributed by atoms with Crippen molar-refractivity contribution in [3.8, 4) is 11.5 Å². The second-order valence-electron chi connectivity index (χ2n) is 3.01. The number of hydrogen-bond acceptors (Lipinski definition) is 3. The molecule has 0 aromatic heterocycles.